The SMILES string of the molecule is CCCO[Si](CCCCCCBr)(OCCC)OCCC. The third-order valence-electron chi connectivity index (χ3n) is 2.94. The minimum atomic E-state index is -2.43. The first-order valence-corrected chi connectivity index (χ1v) is 11.3. The molecule has 5 heteroatoms. The predicted octanol–water partition coefficient (Wildman–Crippen LogP) is 5.16. The van der Waals surface area contributed by atoms with Gasteiger partial charge in [-0.15, -0.1) is 0 Å². The van der Waals surface area contributed by atoms with Crippen molar-refractivity contribution in [1.29, 1.82) is 0 Å². The van der Waals surface area contributed by atoms with Crippen molar-refractivity contribution < 1.29 is 13.3 Å². The summed E-state index contributed by atoms with van der Waals surface area (Å²) in [7, 11) is -2.43. The van der Waals surface area contributed by atoms with Gasteiger partial charge < -0.3 is 13.3 Å². The van der Waals surface area contributed by atoms with Gasteiger partial charge in [0.1, 0.15) is 0 Å². The van der Waals surface area contributed by atoms with Crippen molar-refractivity contribution in [3.63, 3.8) is 0 Å². The van der Waals surface area contributed by atoms with Gasteiger partial charge in [0, 0.05) is 31.2 Å². The van der Waals surface area contributed by atoms with E-state index >= 15 is 0 Å². The molecule has 122 valence electrons. The maximum Gasteiger partial charge on any atom is 0.500 e. The van der Waals surface area contributed by atoms with Crippen LogP contribution in [0.1, 0.15) is 65.7 Å². The Kier molecular flexibility index (Phi) is 14.9. The van der Waals surface area contributed by atoms with E-state index in [0.29, 0.717) is 0 Å². The first-order chi connectivity index (χ1) is 9.74. The molecule has 0 spiro atoms. The Labute approximate surface area is 135 Å². The van der Waals surface area contributed by atoms with E-state index < -0.39 is 8.80 Å². The van der Waals surface area contributed by atoms with Crippen molar-refractivity contribution in [2.75, 3.05) is 25.2 Å². The van der Waals surface area contributed by atoms with Crippen LogP contribution in [0.5, 0.6) is 0 Å². The van der Waals surface area contributed by atoms with Gasteiger partial charge in [-0.05, 0) is 32.1 Å². The van der Waals surface area contributed by atoms with Crippen LogP contribution in [-0.2, 0) is 13.3 Å². The highest BCUT2D eigenvalue weighted by molar-refractivity contribution is 9.09. The van der Waals surface area contributed by atoms with Gasteiger partial charge in [-0.2, -0.15) is 0 Å². The third-order valence-corrected chi connectivity index (χ3v) is 6.40. The monoisotopic (exact) mass is 368 g/mol. The van der Waals surface area contributed by atoms with Crippen molar-refractivity contribution in [2.45, 2.75) is 71.8 Å². The molecule has 0 saturated heterocycles. The van der Waals surface area contributed by atoms with Crippen molar-refractivity contribution in [2.24, 2.45) is 0 Å². The van der Waals surface area contributed by atoms with Crippen LogP contribution in [0, 0.1) is 0 Å². The molecule has 0 rings (SSSR count). The quantitative estimate of drug-likeness (QED) is 0.227. The van der Waals surface area contributed by atoms with Gasteiger partial charge in [-0.1, -0.05) is 49.5 Å². The molecular formula is C15H33BrO3Si. The fourth-order valence-corrected chi connectivity index (χ4v) is 5.21. The molecule has 0 unspecified atom stereocenters. The zero-order chi connectivity index (χ0) is 15.1. The maximum absolute atomic E-state index is 6.07. The van der Waals surface area contributed by atoms with Crippen LogP contribution in [0.25, 0.3) is 0 Å². The summed E-state index contributed by atoms with van der Waals surface area (Å²) in [6.07, 6.45) is 7.95. The van der Waals surface area contributed by atoms with E-state index in [2.05, 4.69) is 36.7 Å². The van der Waals surface area contributed by atoms with E-state index in [9.17, 15) is 0 Å². The summed E-state index contributed by atoms with van der Waals surface area (Å²) in [4.78, 5) is 0. The van der Waals surface area contributed by atoms with Gasteiger partial charge in [0.05, 0.1) is 0 Å². The molecule has 0 aromatic rings. The Bertz CT molecular complexity index is 184. The van der Waals surface area contributed by atoms with E-state index in [1.807, 2.05) is 0 Å². The summed E-state index contributed by atoms with van der Waals surface area (Å²) in [5.41, 5.74) is 0. The molecule has 0 N–H and O–H groups in total. The van der Waals surface area contributed by atoms with Crippen LogP contribution in [0.15, 0.2) is 0 Å². The summed E-state index contributed by atoms with van der Waals surface area (Å²) < 4.78 is 18.2. The van der Waals surface area contributed by atoms with Gasteiger partial charge >= 0.3 is 8.80 Å². The molecule has 0 heterocycles. The van der Waals surface area contributed by atoms with Crippen LogP contribution in [0.3, 0.4) is 0 Å². The van der Waals surface area contributed by atoms with Crippen LogP contribution < -0.4 is 0 Å². The Morgan fingerprint density at radius 1 is 0.700 bits per heavy atom. The van der Waals surface area contributed by atoms with E-state index in [0.717, 1.165) is 56.9 Å². The molecule has 0 aromatic heterocycles. The lowest BCUT2D eigenvalue weighted by atomic mass is 10.2. The highest BCUT2D eigenvalue weighted by Crippen LogP contribution is 2.21. The second-order valence-electron chi connectivity index (χ2n) is 5.08. The van der Waals surface area contributed by atoms with Crippen LogP contribution in [0.2, 0.25) is 6.04 Å². The molecule has 0 radical (unpaired) electrons. The summed E-state index contributed by atoms with van der Waals surface area (Å²) in [6.45, 7) is 8.65. The van der Waals surface area contributed by atoms with Gasteiger partial charge in [-0.3, -0.25) is 0 Å². The number of rotatable bonds is 15. The van der Waals surface area contributed by atoms with Crippen LogP contribution >= 0.6 is 15.9 Å². The maximum atomic E-state index is 6.07. The Hall–Kier alpha value is 0.577. The second-order valence-corrected chi connectivity index (χ2v) is 8.61. The van der Waals surface area contributed by atoms with E-state index in [4.69, 9.17) is 13.3 Å². The minimum Gasteiger partial charge on any atom is -0.373 e. The van der Waals surface area contributed by atoms with Gasteiger partial charge in [0.15, 0.2) is 0 Å². The van der Waals surface area contributed by atoms with Gasteiger partial charge in [0.2, 0.25) is 0 Å². The minimum absolute atomic E-state index is 0.751. The van der Waals surface area contributed by atoms with E-state index in [1.54, 1.807) is 0 Å². The molecule has 0 fully saturated rings. The third kappa shape index (κ3) is 10.3. The molecule has 0 aliphatic heterocycles. The second kappa shape index (κ2) is 14.5. The number of hydrogen-bond donors (Lipinski definition) is 0. The normalized spacial score (nSPS) is 12.0. The molecule has 0 amide bonds. The van der Waals surface area contributed by atoms with Crippen LogP contribution in [0.4, 0.5) is 0 Å². The number of unbranched alkanes of at least 4 members (excludes halogenated alkanes) is 3. The topological polar surface area (TPSA) is 27.7 Å². The van der Waals surface area contributed by atoms with Gasteiger partial charge in [0.25, 0.3) is 0 Å². The van der Waals surface area contributed by atoms with E-state index in [-0.39, 0.29) is 0 Å². The number of alkyl halides is 1. The van der Waals surface area contributed by atoms with Gasteiger partial charge in [-0.25, -0.2) is 0 Å². The first kappa shape index (κ1) is 20.6. The van der Waals surface area contributed by atoms with Crippen molar-refractivity contribution >= 4 is 24.7 Å². The van der Waals surface area contributed by atoms with Crippen LogP contribution in [-0.4, -0.2) is 34.0 Å². The lowest BCUT2D eigenvalue weighted by molar-refractivity contribution is 0.0586. The highest BCUT2D eigenvalue weighted by Gasteiger charge is 2.40. The molecule has 0 aromatic carbocycles. The highest BCUT2D eigenvalue weighted by atomic mass is 79.9. The van der Waals surface area contributed by atoms with Crippen molar-refractivity contribution in [3.8, 4) is 0 Å². The Balaban J connectivity index is 4.34. The molecule has 0 aliphatic carbocycles. The number of hydrogen-bond acceptors (Lipinski definition) is 3. The average molecular weight is 369 g/mol. The molecule has 0 saturated carbocycles. The average Bonchev–Trinajstić information content (AvgIpc) is 2.48. The summed E-state index contributed by atoms with van der Waals surface area (Å²) >= 11 is 3.48. The summed E-state index contributed by atoms with van der Waals surface area (Å²) in [5.74, 6) is 0. The zero-order valence-corrected chi connectivity index (χ0v) is 16.2. The molecule has 0 aliphatic rings. The standard InChI is InChI=1S/C15H33BrO3Si/c1-4-12-17-20(18-13-5-2,19-14-6-3)15-10-8-7-9-11-16/h4-15H2,1-3H3. The van der Waals surface area contributed by atoms with Crippen molar-refractivity contribution in [3.05, 3.63) is 0 Å². The molecular weight excluding hydrogens is 336 g/mol. The zero-order valence-electron chi connectivity index (χ0n) is 13.6. The molecule has 3 nitrogen and oxygen atoms in total. The predicted molar refractivity (Wildman–Crippen MR) is 91.6 cm³/mol. The lowest BCUT2D eigenvalue weighted by Gasteiger charge is -2.29. The molecule has 0 atom stereocenters. The first-order valence-electron chi connectivity index (χ1n) is 8.22. The molecule has 0 bridgehead atoms. The Morgan fingerprint density at radius 3 is 1.55 bits per heavy atom. The lowest BCUT2D eigenvalue weighted by Crippen LogP contribution is -2.46. The smallest absolute Gasteiger partial charge is 0.373 e. The van der Waals surface area contributed by atoms with E-state index in [1.165, 1.54) is 19.3 Å². The Morgan fingerprint density at radius 2 is 1.15 bits per heavy atom. The number of halogens is 1. The summed E-state index contributed by atoms with van der Waals surface area (Å²) in [5, 5.41) is 1.10. The largest absolute Gasteiger partial charge is 0.500 e. The molecule has 20 heavy (non-hydrogen) atoms. The fraction of sp³-hybridized carbons (Fsp3) is 1.00. The summed E-state index contributed by atoms with van der Waals surface area (Å²) in [6, 6.07) is 0.968. The van der Waals surface area contributed by atoms with Crippen molar-refractivity contribution in [1.82, 2.24) is 0 Å². The fourth-order valence-electron chi connectivity index (χ4n) is 1.90.